The molecule has 2 aliphatic rings. The van der Waals surface area contributed by atoms with Crippen LogP contribution in [0.5, 0.6) is 11.5 Å². The van der Waals surface area contributed by atoms with Gasteiger partial charge in [0.15, 0.2) is 11.5 Å². The minimum atomic E-state index is 0.0653. The van der Waals surface area contributed by atoms with Crippen molar-refractivity contribution < 1.29 is 9.47 Å². The van der Waals surface area contributed by atoms with Gasteiger partial charge >= 0.3 is 0 Å². The van der Waals surface area contributed by atoms with Gasteiger partial charge in [0, 0.05) is 12.0 Å². The van der Waals surface area contributed by atoms with Crippen molar-refractivity contribution in [3.63, 3.8) is 0 Å². The lowest BCUT2D eigenvalue weighted by atomic mass is 9.78. The van der Waals surface area contributed by atoms with Gasteiger partial charge in [0.2, 0.25) is 0 Å². The van der Waals surface area contributed by atoms with Gasteiger partial charge in [-0.3, -0.25) is 0 Å². The van der Waals surface area contributed by atoms with E-state index in [1.54, 1.807) is 0 Å². The van der Waals surface area contributed by atoms with Crippen molar-refractivity contribution in [2.45, 2.75) is 18.3 Å². The molecule has 0 unspecified atom stereocenters. The lowest BCUT2D eigenvalue weighted by Gasteiger charge is -2.29. The molecule has 1 aliphatic carbocycles. The van der Waals surface area contributed by atoms with Gasteiger partial charge in [0.05, 0.1) is 0 Å². The van der Waals surface area contributed by atoms with Crippen LogP contribution in [-0.2, 0) is 5.41 Å². The molecule has 1 heterocycles. The zero-order valence-electron chi connectivity index (χ0n) is 9.82. The fourth-order valence-corrected chi connectivity index (χ4v) is 2.59. The number of ether oxygens (including phenoxy) is 2. The minimum absolute atomic E-state index is 0.0653. The van der Waals surface area contributed by atoms with Gasteiger partial charge in [-0.25, -0.2) is 0 Å². The summed E-state index contributed by atoms with van der Waals surface area (Å²) in [6.07, 6.45) is 6.46. The Morgan fingerprint density at radius 2 is 1.76 bits per heavy atom. The maximum atomic E-state index is 5.96. The third-order valence-electron chi connectivity index (χ3n) is 3.73. The topological polar surface area (TPSA) is 44.5 Å². The SMILES string of the molecule is NCC1(c2ccc3c(c2)OCCO3)CC=CC1. The number of nitrogens with two attached hydrogens (primary N) is 1. The summed E-state index contributed by atoms with van der Waals surface area (Å²) in [5.41, 5.74) is 7.29. The van der Waals surface area contributed by atoms with E-state index < -0.39 is 0 Å². The van der Waals surface area contributed by atoms with Crippen molar-refractivity contribution in [1.29, 1.82) is 0 Å². The first kappa shape index (κ1) is 10.7. The average molecular weight is 231 g/mol. The van der Waals surface area contributed by atoms with E-state index in [1.807, 2.05) is 6.07 Å². The first-order valence-corrected chi connectivity index (χ1v) is 6.09. The normalized spacial score (nSPS) is 20.5. The summed E-state index contributed by atoms with van der Waals surface area (Å²) in [5.74, 6) is 1.70. The van der Waals surface area contributed by atoms with E-state index in [0.717, 1.165) is 24.3 Å². The van der Waals surface area contributed by atoms with E-state index in [-0.39, 0.29) is 5.41 Å². The van der Waals surface area contributed by atoms with Gasteiger partial charge in [0.1, 0.15) is 13.2 Å². The number of allylic oxidation sites excluding steroid dienone is 2. The van der Waals surface area contributed by atoms with Crippen LogP contribution in [0.4, 0.5) is 0 Å². The Balaban J connectivity index is 1.97. The fraction of sp³-hybridized carbons (Fsp3) is 0.429. The molecule has 17 heavy (non-hydrogen) atoms. The molecule has 0 aromatic heterocycles. The molecule has 1 aromatic carbocycles. The molecule has 0 saturated carbocycles. The Labute approximate surface area is 101 Å². The Morgan fingerprint density at radius 1 is 1.06 bits per heavy atom. The van der Waals surface area contributed by atoms with Crippen LogP contribution in [0, 0.1) is 0 Å². The van der Waals surface area contributed by atoms with E-state index in [1.165, 1.54) is 5.56 Å². The summed E-state index contributed by atoms with van der Waals surface area (Å²) in [4.78, 5) is 0. The highest BCUT2D eigenvalue weighted by Crippen LogP contribution is 2.40. The van der Waals surface area contributed by atoms with E-state index in [0.29, 0.717) is 19.8 Å². The summed E-state index contributed by atoms with van der Waals surface area (Å²) < 4.78 is 11.2. The van der Waals surface area contributed by atoms with Crippen molar-refractivity contribution in [1.82, 2.24) is 0 Å². The highest BCUT2D eigenvalue weighted by atomic mass is 16.6. The molecule has 0 bridgehead atoms. The smallest absolute Gasteiger partial charge is 0.161 e. The summed E-state index contributed by atoms with van der Waals surface area (Å²) in [5, 5.41) is 0. The lowest BCUT2D eigenvalue weighted by molar-refractivity contribution is 0.171. The van der Waals surface area contributed by atoms with Gasteiger partial charge in [-0.05, 0) is 30.5 Å². The Hall–Kier alpha value is -1.48. The number of hydrogen-bond donors (Lipinski definition) is 1. The van der Waals surface area contributed by atoms with Crippen LogP contribution < -0.4 is 15.2 Å². The van der Waals surface area contributed by atoms with Gasteiger partial charge < -0.3 is 15.2 Å². The molecule has 0 radical (unpaired) electrons. The standard InChI is InChI=1S/C14H17NO2/c15-10-14(5-1-2-6-14)11-3-4-12-13(9-11)17-8-7-16-12/h1-4,9H,5-8,10,15H2. The lowest BCUT2D eigenvalue weighted by Crippen LogP contribution is -2.32. The zero-order valence-corrected chi connectivity index (χ0v) is 9.82. The molecule has 0 atom stereocenters. The van der Waals surface area contributed by atoms with Crippen LogP contribution >= 0.6 is 0 Å². The molecule has 3 rings (SSSR count). The number of rotatable bonds is 2. The average Bonchev–Trinajstić information content (AvgIpc) is 2.88. The summed E-state index contributed by atoms with van der Waals surface area (Å²) >= 11 is 0. The van der Waals surface area contributed by atoms with Gasteiger partial charge in [-0.2, -0.15) is 0 Å². The molecular weight excluding hydrogens is 214 g/mol. The second-order valence-corrected chi connectivity index (χ2v) is 4.72. The third kappa shape index (κ3) is 1.71. The van der Waals surface area contributed by atoms with E-state index in [2.05, 4.69) is 24.3 Å². The highest BCUT2D eigenvalue weighted by Gasteiger charge is 2.32. The number of hydrogen-bond acceptors (Lipinski definition) is 3. The van der Waals surface area contributed by atoms with Crippen molar-refractivity contribution >= 4 is 0 Å². The monoisotopic (exact) mass is 231 g/mol. The summed E-state index contributed by atoms with van der Waals surface area (Å²) in [6, 6.07) is 6.21. The van der Waals surface area contributed by atoms with Crippen molar-refractivity contribution in [3.8, 4) is 11.5 Å². The van der Waals surface area contributed by atoms with Crippen molar-refractivity contribution in [2.24, 2.45) is 5.73 Å². The summed E-state index contributed by atoms with van der Waals surface area (Å²) in [7, 11) is 0. The van der Waals surface area contributed by atoms with Crippen LogP contribution in [-0.4, -0.2) is 19.8 Å². The number of fused-ring (bicyclic) bond motifs is 1. The molecule has 3 nitrogen and oxygen atoms in total. The van der Waals surface area contributed by atoms with Gasteiger partial charge in [-0.1, -0.05) is 18.2 Å². The number of benzene rings is 1. The van der Waals surface area contributed by atoms with Gasteiger partial charge in [0.25, 0.3) is 0 Å². The molecule has 90 valence electrons. The molecule has 2 N–H and O–H groups in total. The van der Waals surface area contributed by atoms with Crippen LogP contribution in [0.3, 0.4) is 0 Å². The third-order valence-corrected chi connectivity index (χ3v) is 3.73. The van der Waals surface area contributed by atoms with Crippen LogP contribution in [0.1, 0.15) is 18.4 Å². The second-order valence-electron chi connectivity index (χ2n) is 4.72. The summed E-state index contributed by atoms with van der Waals surface area (Å²) in [6.45, 7) is 1.93. The Kier molecular flexibility index (Phi) is 2.56. The second kappa shape index (κ2) is 4.08. The predicted octanol–water partition coefficient (Wildman–Crippen LogP) is 2.00. The highest BCUT2D eigenvalue weighted by molar-refractivity contribution is 5.47. The maximum Gasteiger partial charge on any atom is 0.161 e. The molecular formula is C14H17NO2. The van der Waals surface area contributed by atoms with Crippen molar-refractivity contribution in [2.75, 3.05) is 19.8 Å². The van der Waals surface area contributed by atoms with Crippen LogP contribution in [0.25, 0.3) is 0 Å². The quantitative estimate of drug-likeness (QED) is 0.792. The Bertz CT molecular complexity index is 446. The first-order chi connectivity index (χ1) is 8.34. The molecule has 0 spiro atoms. The van der Waals surface area contributed by atoms with Crippen molar-refractivity contribution in [3.05, 3.63) is 35.9 Å². The zero-order chi connectivity index (χ0) is 11.7. The molecule has 1 aliphatic heterocycles. The molecule has 1 aromatic rings. The van der Waals surface area contributed by atoms with E-state index in [4.69, 9.17) is 15.2 Å². The molecule has 0 saturated heterocycles. The Morgan fingerprint density at radius 3 is 2.47 bits per heavy atom. The maximum absolute atomic E-state index is 5.96. The van der Waals surface area contributed by atoms with Crippen LogP contribution in [0.2, 0.25) is 0 Å². The molecule has 3 heteroatoms. The van der Waals surface area contributed by atoms with Crippen LogP contribution in [0.15, 0.2) is 30.4 Å². The largest absolute Gasteiger partial charge is 0.486 e. The van der Waals surface area contributed by atoms with Gasteiger partial charge in [-0.15, -0.1) is 0 Å². The molecule has 0 fully saturated rings. The molecule has 0 amide bonds. The predicted molar refractivity (Wildman–Crippen MR) is 66.5 cm³/mol. The van der Waals surface area contributed by atoms with E-state index >= 15 is 0 Å². The fourth-order valence-electron chi connectivity index (χ4n) is 2.59. The minimum Gasteiger partial charge on any atom is -0.486 e. The first-order valence-electron chi connectivity index (χ1n) is 6.09. The van der Waals surface area contributed by atoms with E-state index in [9.17, 15) is 0 Å².